The van der Waals surface area contributed by atoms with Crippen LogP contribution in [-0.4, -0.2) is 24.3 Å². The molecule has 0 aliphatic carbocycles. The predicted octanol–water partition coefficient (Wildman–Crippen LogP) is 2.62. The molecule has 0 saturated carbocycles. The molecule has 0 aliphatic rings. The molecule has 0 amide bonds. The molecule has 0 bridgehead atoms. The highest BCUT2D eigenvalue weighted by Gasteiger charge is 2.05. The normalized spacial score (nSPS) is 11.1. The number of benzene rings is 1. The monoisotopic (exact) mass is 246 g/mol. The number of anilines is 1. The Labute approximate surface area is 107 Å². The first-order chi connectivity index (χ1) is 8.68. The lowest BCUT2D eigenvalue weighted by molar-refractivity contribution is 0.0555. The number of ether oxygens (including phenoxy) is 2. The van der Waals surface area contributed by atoms with Crippen molar-refractivity contribution in [2.24, 2.45) is 0 Å². The molecule has 4 nitrogen and oxygen atoms in total. The molecular formula is C14H18N2O2. The van der Waals surface area contributed by atoms with E-state index in [9.17, 15) is 0 Å². The predicted molar refractivity (Wildman–Crippen MR) is 72.7 cm³/mol. The summed E-state index contributed by atoms with van der Waals surface area (Å²) in [5.41, 5.74) is 7.40. The number of fused-ring (bicyclic) bond motifs is 1. The number of pyridine rings is 1. The van der Waals surface area contributed by atoms with E-state index in [1.54, 1.807) is 6.20 Å². The summed E-state index contributed by atoms with van der Waals surface area (Å²) >= 11 is 0. The van der Waals surface area contributed by atoms with Crippen molar-refractivity contribution in [2.75, 3.05) is 18.9 Å². The summed E-state index contributed by atoms with van der Waals surface area (Å²) < 4.78 is 11.1. The lowest BCUT2D eigenvalue weighted by Crippen LogP contribution is -2.11. The zero-order valence-corrected chi connectivity index (χ0v) is 10.7. The lowest BCUT2D eigenvalue weighted by Gasteiger charge is -2.11. The summed E-state index contributed by atoms with van der Waals surface area (Å²) in [5.74, 6) is 0.743. The number of nitrogens with two attached hydrogens (primary N) is 1. The average Bonchev–Trinajstić information content (AvgIpc) is 2.37. The SMILES string of the molecule is CC(C)OCCOc1ccc(N)c2cccnc12. The van der Waals surface area contributed by atoms with Gasteiger partial charge in [-0.05, 0) is 38.1 Å². The Kier molecular flexibility index (Phi) is 3.99. The second kappa shape index (κ2) is 5.69. The van der Waals surface area contributed by atoms with E-state index in [1.165, 1.54) is 0 Å². The van der Waals surface area contributed by atoms with Crippen molar-refractivity contribution in [1.29, 1.82) is 0 Å². The third-order valence-corrected chi connectivity index (χ3v) is 2.56. The van der Waals surface area contributed by atoms with E-state index in [2.05, 4.69) is 4.98 Å². The summed E-state index contributed by atoms with van der Waals surface area (Å²) in [6.45, 7) is 5.07. The molecule has 1 heterocycles. The zero-order chi connectivity index (χ0) is 13.0. The maximum atomic E-state index is 5.90. The molecule has 2 rings (SSSR count). The number of rotatable bonds is 5. The fourth-order valence-electron chi connectivity index (χ4n) is 1.72. The van der Waals surface area contributed by atoms with Crippen molar-refractivity contribution in [3.8, 4) is 5.75 Å². The van der Waals surface area contributed by atoms with Gasteiger partial charge in [-0.1, -0.05) is 0 Å². The first-order valence-corrected chi connectivity index (χ1v) is 6.06. The van der Waals surface area contributed by atoms with E-state index in [-0.39, 0.29) is 6.10 Å². The van der Waals surface area contributed by atoms with Crippen LogP contribution >= 0.6 is 0 Å². The van der Waals surface area contributed by atoms with E-state index < -0.39 is 0 Å². The summed E-state index contributed by atoms with van der Waals surface area (Å²) in [5, 5.41) is 0.916. The largest absolute Gasteiger partial charge is 0.489 e. The van der Waals surface area contributed by atoms with Crippen LogP contribution in [0, 0.1) is 0 Å². The molecule has 2 aromatic rings. The van der Waals surface area contributed by atoms with E-state index >= 15 is 0 Å². The second-order valence-electron chi connectivity index (χ2n) is 4.32. The lowest BCUT2D eigenvalue weighted by atomic mass is 10.2. The minimum atomic E-state index is 0.217. The van der Waals surface area contributed by atoms with Gasteiger partial charge in [0.15, 0.2) is 0 Å². The van der Waals surface area contributed by atoms with Crippen LogP contribution in [0.2, 0.25) is 0 Å². The van der Waals surface area contributed by atoms with Crippen molar-refractivity contribution in [3.05, 3.63) is 30.5 Å². The van der Waals surface area contributed by atoms with Crippen molar-refractivity contribution < 1.29 is 9.47 Å². The Hall–Kier alpha value is -1.81. The van der Waals surface area contributed by atoms with Crippen LogP contribution in [0.25, 0.3) is 10.9 Å². The Bertz CT molecular complexity index is 526. The molecule has 18 heavy (non-hydrogen) atoms. The Morgan fingerprint density at radius 2 is 2.06 bits per heavy atom. The molecule has 0 radical (unpaired) electrons. The molecule has 0 atom stereocenters. The van der Waals surface area contributed by atoms with E-state index in [1.807, 2.05) is 38.1 Å². The van der Waals surface area contributed by atoms with Gasteiger partial charge in [0.1, 0.15) is 17.9 Å². The van der Waals surface area contributed by atoms with Crippen molar-refractivity contribution in [1.82, 2.24) is 4.98 Å². The van der Waals surface area contributed by atoms with Gasteiger partial charge in [-0.3, -0.25) is 4.98 Å². The number of aromatic nitrogens is 1. The number of nitrogens with zero attached hydrogens (tertiary/aromatic N) is 1. The smallest absolute Gasteiger partial charge is 0.145 e. The third-order valence-electron chi connectivity index (χ3n) is 2.56. The Morgan fingerprint density at radius 1 is 1.22 bits per heavy atom. The van der Waals surface area contributed by atoms with Crippen molar-refractivity contribution >= 4 is 16.6 Å². The maximum absolute atomic E-state index is 5.90. The van der Waals surface area contributed by atoms with Crippen LogP contribution < -0.4 is 10.5 Å². The zero-order valence-electron chi connectivity index (χ0n) is 10.7. The van der Waals surface area contributed by atoms with Crippen molar-refractivity contribution in [2.45, 2.75) is 20.0 Å². The van der Waals surface area contributed by atoms with Crippen LogP contribution in [0.3, 0.4) is 0 Å². The van der Waals surface area contributed by atoms with Crippen molar-refractivity contribution in [3.63, 3.8) is 0 Å². The standard InChI is InChI=1S/C14H18N2O2/c1-10(2)17-8-9-18-13-6-5-12(15)11-4-3-7-16-14(11)13/h3-7,10H,8-9,15H2,1-2H3. The highest BCUT2D eigenvalue weighted by Crippen LogP contribution is 2.27. The van der Waals surface area contributed by atoms with E-state index in [0.717, 1.165) is 16.7 Å². The molecule has 0 unspecified atom stereocenters. The molecule has 0 aliphatic heterocycles. The number of hydrogen-bond acceptors (Lipinski definition) is 4. The fraction of sp³-hybridized carbons (Fsp3) is 0.357. The van der Waals surface area contributed by atoms with Crippen LogP contribution in [0.5, 0.6) is 5.75 Å². The fourth-order valence-corrected chi connectivity index (χ4v) is 1.72. The number of hydrogen-bond donors (Lipinski definition) is 1. The third kappa shape index (κ3) is 2.90. The molecular weight excluding hydrogens is 228 g/mol. The van der Waals surface area contributed by atoms with Gasteiger partial charge < -0.3 is 15.2 Å². The summed E-state index contributed by atoms with van der Waals surface area (Å²) in [6, 6.07) is 7.49. The van der Waals surface area contributed by atoms with Gasteiger partial charge in [0.2, 0.25) is 0 Å². The molecule has 1 aromatic carbocycles. The molecule has 0 fully saturated rings. The summed E-state index contributed by atoms with van der Waals surface area (Å²) in [4.78, 5) is 4.31. The molecule has 0 saturated heterocycles. The minimum absolute atomic E-state index is 0.217. The summed E-state index contributed by atoms with van der Waals surface area (Å²) in [7, 11) is 0. The molecule has 2 N–H and O–H groups in total. The highest BCUT2D eigenvalue weighted by atomic mass is 16.5. The minimum Gasteiger partial charge on any atom is -0.489 e. The van der Waals surface area contributed by atoms with Gasteiger partial charge in [0, 0.05) is 17.3 Å². The van der Waals surface area contributed by atoms with Gasteiger partial charge in [0.25, 0.3) is 0 Å². The molecule has 4 heteroatoms. The topological polar surface area (TPSA) is 57.4 Å². The van der Waals surface area contributed by atoms with Gasteiger partial charge in [-0.2, -0.15) is 0 Å². The van der Waals surface area contributed by atoms with Crippen LogP contribution in [0.4, 0.5) is 5.69 Å². The van der Waals surface area contributed by atoms with Gasteiger partial charge in [-0.25, -0.2) is 0 Å². The van der Waals surface area contributed by atoms with Crippen LogP contribution in [-0.2, 0) is 4.74 Å². The van der Waals surface area contributed by atoms with Crippen LogP contribution in [0.1, 0.15) is 13.8 Å². The first kappa shape index (κ1) is 12.6. The maximum Gasteiger partial charge on any atom is 0.145 e. The highest BCUT2D eigenvalue weighted by molar-refractivity contribution is 5.94. The number of nitrogen functional groups attached to an aromatic ring is 1. The summed E-state index contributed by atoms with van der Waals surface area (Å²) in [6.07, 6.45) is 1.95. The quantitative estimate of drug-likeness (QED) is 0.651. The second-order valence-corrected chi connectivity index (χ2v) is 4.32. The van der Waals surface area contributed by atoms with Crippen LogP contribution in [0.15, 0.2) is 30.5 Å². The van der Waals surface area contributed by atoms with Gasteiger partial charge in [0.05, 0.1) is 12.7 Å². The molecule has 1 aromatic heterocycles. The first-order valence-electron chi connectivity index (χ1n) is 6.06. The van der Waals surface area contributed by atoms with Gasteiger partial charge >= 0.3 is 0 Å². The Balaban J connectivity index is 2.11. The van der Waals surface area contributed by atoms with E-state index in [0.29, 0.717) is 18.9 Å². The van der Waals surface area contributed by atoms with Gasteiger partial charge in [-0.15, -0.1) is 0 Å². The molecule has 0 spiro atoms. The average molecular weight is 246 g/mol. The Morgan fingerprint density at radius 3 is 2.83 bits per heavy atom. The van der Waals surface area contributed by atoms with E-state index in [4.69, 9.17) is 15.2 Å². The molecule has 96 valence electrons.